The fourth-order valence-corrected chi connectivity index (χ4v) is 2.14. The van der Waals surface area contributed by atoms with Crippen LogP contribution in [-0.2, 0) is 11.3 Å². The highest BCUT2D eigenvalue weighted by atomic mass is 32.1. The van der Waals surface area contributed by atoms with Gasteiger partial charge in [0.05, 0.1) is 23.4 Å². The number of aromatic nitrogens is 3. The lowest BCUT2D eigenvalue weighted by molar-refractivity contribution is -0.121. The lowest BCUT2D eigenvalue weighted by Gasteiger charge is -2.10. The maximum absolute atomic E-state index is 11.2. The molecule has 0 bridgehead atoms. The SMILES string of the molecule is CNC(=O)Cn1cc(NC(C)c2cncs2)cn1. The molecule has 0 radical (unpaired) electrons. The molecule has 0 aliphatic carbocycles. The van der Waals surface area contributed by atoms with Gasteiger partial charge in [0.25, 0.3) is 0 Å². The van der Waals surface area contributed by atoms with E-state index in [4.69, 9.17) is 0 Å². The highest BCUT2D eigenvalue weighted by molar-refractivity contribution is 7.09. The van der Waals surface area contributed by atoms with E-state index < -0.39 is 0 Å². The van der Waals surface area contributed by atoms with Crippen molar-refractivity contribution >= 4 is 22.9 Å². The number of hydrogen-bond donors (Lipinski definition) is 2. The fraction of sp³-hybridized carbons (Fsp3) is 0.364. The molecular weight excluding hydrogens is 250 g/mol. The minimum absolute atomic E-state index is 0.0693. The van der Waals surface area contributed by atoms with Gasteiger partial charge >= 0.3 is 0 Å². The van der Waals surface area contributed by atoms with Crippen LogP contribution in [0.1, 0.15) is 17.8 Å². The Morgan fingerprint density at radius 3 is 3.06 bits per heavy atom. The number of carbonyl (C=O) groups excluding carboxylic acids is 1. The van der Waals surface area contributed by atoms with Crippen LogP contribution in [0.25, 0.3) is 0 Å². The number of thiazole rings is 1. The van der Waals surface area contributed by atoms with Crippen LogP contribution in [0.2, 0.25) is 0 Å². The predicted octanol–water partition coefficient (Wildman–Crippen LogP) is 1.26. The van der Waals surface area contributed by atoms with Crippen LogP contribution >= 0.6 is 11.3 Å². The molecule has 18 heavy (non-hydrogen) atoms. The second-order valence-corrected chi connectivity index (χ2v) is 4.79. The number of nitrogens with one attached hydrogen (secondary N) is 2. The molecule has 1 unspecified atom stereocenters. The van der Waals surface area contributed by atoms with E-state index in [0.717, 1.165) is 10.6 Å². The Labute approximate surface area is 109 Å². The molecule has 2 aromatic heterocycles. The van der Waals surface area contributed by atoms with Crippen molar-refractivity contribution in [2.45, 2.75) is 19.5 Å². The van der Waals surface area contributed by atoms with Crippen molar-refractivity contribution in [3.8, 4) is 0 Å². The summed E-state index contributed by atoms with van der Waals surface area (Å²) in [6.45, 7) is 2.29. The number of rotatable bonds is 5. The molecule has 0 aromatic carbocycles. The van der Waals surface area contributed by atoms with Gasteiger partial charge in [0.2, 0.25) is 5.91 Å². The van der Waals surface area contributed by atoms with Crippen molar-refractivity contribution in [2.75, 3.05) is 12.4 Å². The minimum Gasteiger partial charge on any atom is -0.375 e. The summed E-state index contributed by atoms with van der Waals surface area (Å²) in [5, 5.41) is 9.99. The van der Waals surface area contributed by atoms with E-state index in [0.29, 0.717) is 0 Å². The number of likely N-dealkylation sites (N-methyl/N-ethyl adjacent to an activating group) is 1. The lowest BCUT2D eigenvalue weighted by atomic mass is 10.3. The van der Waals surface area contributed by atoms with Gasteiger partial charge in [0.1, 0.15) is 6.54 Å². The Kier molecular flexibility index (Phi) is 3.93. The molecule has 2 heterocycles. The van der Waals surface area contributed by atoms with E-state index in [1.165, 1.54) is 0 Å². The summed E-state index contributed by atoms with van der Waals surface area (Å²) in [5.41, 5.74) is 2.70. The fourth-order valence-electron chi connectivity index (χ4n) is 1.51. The summed E-state index contributed by atoms with van der Waals surface area (Å²) < 4.78 is 1.60. The molecule has 0 saturated carbocycles. The quantitative estimate of drug-likeness (QED) is 0.853. The number of anilines is 1. The molecule has 96 valence electrons. The van der Waals surface area contributed by atoms with Crippen molar-refractivity contribution in [1.29, 1.82) is 0 Å². The van der Waals surface area contributed by atoms with Gasteiger partial charge < -0.3 is 10.6 Å². The van der Waals surface area contributed by atoms with Crippen LogP contribution in [0.4, 0.5) is 5.69 Å². The zero-order valence-electron chi connectivity index (χ0n) is 10.3. The summed E-state index contributed by atoms with van der Waals surface area (Å²) in [5.74, 6) is -0.0693. The molecule has 1 atom stereocenters. The molecule has 2 rings (SSSR count). The average Bonchev–Trinajstić information content (AvgIpc) is 3.00. The highest BCUT2D eigenvalue weighted by Gasteiger charge is 2.08. The third-order valence-corrected chi connectivity index (χ3v) is 3.44. The van der Waals surface area contributed by atoms with Crippen molar-refractivity contribution in [1.82, 2.24) is 20.1 Å². The normalized spacial score (nSPS) is 12.1. The van der Waals surface area contributed by atoms with Gasteiger partial charge in [-0.1, -0.05) is 0 Å². The van der Waals surface area contributed by atoms with Crippen LogP contribution < -0.4 is 10.6 Å². The number of hydrogen-bond acceptors (Lipinski definition) is 5. The van der Waals surface area contributed by atoms with E-state index >= 15 is 0 Å². The van der Waals surface area contributed by atoms with Crippen molar-refractivity contribution in [3.05, 3.63) is 29.0 Å². The smallest absolute Gasteiger partial charge is 0.241 e. The summed E-state index contributed by atoms with van der Waals surface area (Å²) in [6.07, 6.45) is 5.37. The molecule has 1 amide bonds. The molecular formula is C11H15N5OS. The molecule has 2 aromatic rings. The van der Waals surface area contributed by atoms with Crippen LogP contribution in [0.15, 0.2) is 24.1 Å². The molecule has 6 nitrogen and oxygen atoms in total. The zero-order valence-corrected chi connectivity index (χ0v) is 11.1. The van der Waals surface area contributed by atoms with Crippen LogP contribution in [0.5, 0.6) is 0 Å². The van der Waals surface area contributed by atoms with Gasteiger partial charge in [-0.25, -0.2) is 0 Å². The minimum atomic E-state index is -0.0693. The third-order valence-electron chi connectivity index (χ3n) is 2.48. The standard InChI is InChI=1S/C11H15N5OS/c1-8(10-4-13-7-18-10)15-9-3-14-16(5-9)6-11(17)12-2/h3-5,7-8,15H,6H2,1-2H3,(H,12,17). The van der Waals surface area contributed by atoms with Gasteiger partial charge in [-0.2, -0.15) is 5.10 Å². The van der Waals surface area contributed by atoms with E-state index in [9.17, 15) is 4.79 Å². The number of amides is 1. The summed E-state index contributed by atoms with van der Waals surface area (Å²) in [4.78, 5) is 16.4. The van der Waals surface area contributed by atoms with Gasteiger partial charge in [-0.3, -0.25) is 14.5 Å². The molecule has 0 saturated heterocycles. The van der Waals surface area contributed by atoms with Gasteiger partial charge in [0.15, 0.2) is 0 Å². The maximum atomic E-state index is 11.2. The van der Waals surface area contributed by atoms with Crippen LogP contribution in [0.3, 0.4) is 0 Å². The molecule has 7 heteroatoms. The molecule has 0 fully saturated rings. The Morgan fingerprint density at radius 2 is 2.39 bits per heavy atom. The second kappa shape index (κ2) is 5.63. The Hall–Kier alpha value is -1.89. The van der Waals surface area contributed by atoms with Gasteiger partial charge in [-0.05, 0) is 6.92 Å². The van der Waals surface area contributed by atoms with Crippen molar-refractivity contribution < 1.29 is 4.79 Å². The zero-order chi connectivity index (χ0) is 13.0. The Bertz CT molecular complexity index is 507. The maximum Gasteiger partial charge on any atom is 0.241 e. The first-order valence-electron chi connectivity index (χ1n) is 5.57. The molecule has 0 aliphatic rings. The van der Waals surface area contributed by atoms with Gasteiger partial charge in [0, 0.05) is 24.3 Å². The second-order valence-electron chi connectivity index (χ2n) is 3.87. The molecule has 2 N–H and O–H groups in total. The first kappa shape index (κ1) is 12.6. The average molecular weight is 265 g/mol. The monoisotopic (exact) mass is 265 g/mol. The number of nitrogens with zero attached hydrogens (tertiary/aromatic N) is 3. The van der Waals surface area contributed by atoms with E-state index in [1.54, 1.807) is 29.3 Å². The predicted molar refractivity (Wildman–Crippen MR) is 70.4 cm³/mol. The largest absolute Gasteiger partial charge is 0.375 e. The van der Waals surface area contributed by atoms with Gasteiger partial charge in [-0.15, -0.1) is 11.3 Å². The van der Waals surface area contributed by atoms with E-state index in [1.807, 2.05) is 17.9 Å². The van der Waals surface area contributed by atoms with Crippen LogP contribution in [0, 0.1) is 0 Å². The number of carbonyl (C=O) groups is 1. The first-order chi connectivity index (χ1) is 8.69. The topological polar surface area (TPSA) is 71.8 Å². The molecule has 0 aliphatic heterocycles. The van der Waals surface area contributed by atoms with Crippen LogP contribution in [-0.4, -0.2) is 27.7 Å². The third kappa shape index (κ3) is 3.07. The Morgan fingerprint density at radius 1 is 1.56 bits per heavy atom. The van der Waals surface area contributed by atoms with E-state index in [-0.39, 0.29) is 18.5 Å². The summed E-state index contributed by atoms with van der Waals surface area (Å²) in [6, 6.07) is 0.176. The molecule has 0 spiro atoms. The van der Waals surface area contributed by atoms with E-state index in [2.05, 4.69) is 27.6 Å². The summed E-state index contributed by atoms with van der Waals surface area (Å²) >= 11 is 1.61. The van der Waals surface area contributed by atoms with Crippen molar-refractivity contribution in [3.63, 3.8) is 0 Å². The highest BCUT2D eigenvalue weighted by Crippen LogP contribution is 2.21. The van der Waals surface area contributed by atoms with Crippen molar-refractivity contribution in [2.24, 2.45) is 0 Å². The summed E-state index contributed by atoms with van der Waals surface area (Å²) in [7, 11) is 1.61. The lowest BCUT2D eigenvalue weighted by Crippen LogP contribution is -2.23. The first-order valence-corrected chi connectivity index (χ1v) is 6.45. The Balaban J connectivity index is 1.96.